The molecule has 8 heteroatoms. The number of aromatic hydroxyl groups is 1. The number of halogens is 1. The van der Waals surface area contributed by atoms with Crippen LogP contribution in [0.1, 0.15) is 21.5 Å². The van der Waals surface area contributed by atoms with Crippen molar-refractivity contribution in [3.05, 3.63) is 74.6 Å². The molecule has 0 radical (unpaired) electrons. The molecule has 0 bridgehead atoms. The molecule has 30 heavy (non-hydrogen) atoms. The molecule has 1 saturated heterocycles. The highest BCUT2D eigenvalue weighted by atomic mass is 35.5. The maximum atomic E-state index is 12.6. The molecule has 0 unspecified atom stereocenters. The second kappa shape index (κ2) is 8.87. The maximum absolute atomic E-state index is 12.6. The van der Waals surface area contributed by atoms with E-state index in [4.69, 9.17) is 20.8 Å². The average Bonchev–Trinajstić information content (AvgIpc) is 2.75. The summed E-state index contributed by atoms with van der Waals surface area (Å²) in [6.45, 7) is 3.35. The van der Waals surface area contributed by atoms with Gasteiger partial charge in [-0.25, -0.2) is 4.79 Å². The monoisotopic (exact) mass is 428 g/mol. The predicted molar refractivity (Wildman–Crippen MR) is 113 cm³/mol. The fraction of sp³-hybridized carbons (Fsp3) is 0.273. The van der Waals surface area contributed by atoms with E-state index in [1.807, 2.05) is 12.1 Å². The van der Waals surface area contributed by atoms with Crippen LogP contribution in [0.3, 0.4) is 0 Å². The van der Waals surface area contributed by atoms with Gasteiger partial charge < -0.3 is 19.6 Å². The van der Waals surface area contributed by atoms with Crippen LogP contribution in [0.4, 0.5) is 0 Å². The van der Waals surface area contributed by atoms with Crippen LogP contribution < -0.4 is 10.9 Å². The lowest BCUT2D eigenvalue weighted by molar-refractivity contribution is 0.0338. The molecule has 0 atom stereocenters. The molecular weight excluding hydrogens is 408 g/mol. The van der Waals surface area contributed by atoms with Crippen molar-refractivity contribution >= 4 is 28.5 Å². The van der Waals surface area contributed by atoms with Gasteiger partial charge in [-0.2, -0.15) is 0 Å². The molecule has 2 N–H and O–H groups in total. The standard InChI is InChI=1S/C22H21ClN2O5/c23-16-3-1-14(2-4-16)12-24-21(27)17-5-6-19-18(20(17)26)11-15(22(28)30-19)13-25-7-9-29-10-8-25/h1-6,11,26H,7-10,12-13H2,(H,24,27). The Morgan fingerprint density at radius 1 is 1.13 bits per heavy atom. The van der Waals surface area contributed by atoms with Crippen molar-refractivity contribution in [1.82, 2.24) is 10.2 Å². The first-order valence-corrected chi connectivity index (χ1v) is 10.0. The van der Waals surface area contributed by atoms with Gasteiger partial charge in [0.2, 0.25) is 0 Å². The minimum Gasteiger partial charge on any atom is -0.506 e. The van der Waals surface area contributed by atoms with E-state index in [9.17, 15) is 14.7 Å². The third kappa shape index (κ3) is 4.48. The first-order chi connectivity index (χ1) is 14.5. The zero-order valence-corrected chi connectivity index (χ0v) is 16.9. The average molecular weight is 429 g/mol. The van der Waals surface area contributed by atoms with Crippen LogP contribution in [0.5, 0.6) is 5.75 Å². The van der Waals surface area contributed by atoms with Crippen molar-refractivity contribution in [1.29, 1.82) is 0 Å². The Morgan fingerprint density at radius 3 is 2.60 bits per heavy atom. The molecule has 2 heterocycles. The molecule has 2 aromatic carbocycles. The summed E-state index contributed by atoms with van der Waals surface area (Å²) >= 11 is 5.87. The Labute approximate surface area is 177 Å². The van der Waals surface area contributed by atoms with Gasteiger partial charge in [0.15, 0.2) is 0 Å². The van der Waals surface area contributed by atoms with Crippen LogP contribution in [0.2, 0.25) is 5.02 Å². The van der Waals surface area contributed by atoms with Gasteiger partial charge in [0.1, 0.15) is 11.3 Å². The number of carbonyl (C=O) groups excluding carboxylic acids is 1. The molecule has 0 spiro atoms. The number of nitrogens with one attached hydrogen (secondary N) is 1. The number of carbonyl (C=O) groups is 1. The zero-order valence-electron chi connectivity index (χ0n) is 16.2. The summed E-state index contributed by atoms with van der Waals surface area (Å²) < 4.78 is 10.7. The highest BCUT2D eigenvalue weighted by molar-refractivity contribution is 6.30. The number of morpholine rings is 1. The van der Waals surface area contributed by atoms with Crippen LogP contribution in [-0.4, -0.2) is 42.2 Å². The topological polar surface area (TPSA) is 92.0 Å². The van der Waals surface area contributed by atoms with Gasteiger partial charge in [-0.15, -0.1) is 0 Å². The van der Waals surface area contributed by atoms with Crippen LogP contribution in [0, 0.1) is 0 Å². The number of hydrogen-bond acceptors (Lipinski definition) is 6. The molecular formula is C22H21ClN2O5. The minimum absolute atomic E-state index is 0.114. The van der Waals surface area contributed by atoms with E-state index in [2.05, 4.69) is 10.2 Å². The molecule has 4 rings (SSSR count). The molecule has 1 aromatic heterocycles. The fourth-order valence-corrected chi connectivity index (χ4v) is 3.52. The molecule has 156 valence electrons. The molecule has 1 aliphatic rings. The van der Waals surface area contributed by atoms with E-state index in [1.165, 1.54) is 12.1 Å². The molecule has 1 aliphatic heterocycles. The van der Waals surface area contributed by atoms with Crippen LogP contribution in [-0.2, 0) is 17.8 Å². The van der Waals surface area contributed by atoms with E-state index in [-0.39, 0.29) is 16.9 Å². The lowest BCUT2D eigenvalue weighted by Crippen LogP contribution is -2.36. The quantitative estimate of drug-likeness (QED) is 0.607. The van der Waals surface area contributed by atoms with Gasteiger partial charge in [0, 0.05) is 31.2 Å². The van der Waals surface area contributed by atoms with E-state index >= 15 is 0 Å². The largest absolute Gasteiger partial charge is 0.506 e. The van der Waals surface area contributed by atoms with Gasteiger partial charge in [0.25, 0.3) is 5.91 Å². The number of phenolic OH excluding ortho intramolecular Hbond substituents is 1. The molecule has 7 nitrogen and oxygen atoms in total. The number of hydrogen-bond donors (Lipinski definition) is 2. The van der Waals surface area contributed by atoms with Crippen molar-refractivity contribution in [3.8, 4) is 5.75 Å². The summed E-state index contributed by atoms with van der Waals surface area (Å²) in [4.78, 5) is 27.0. The first kappa shape index (κ1) is 20.4. The van der Waals surface area contributed by atoms with Gasteiger partial charge in [-0.05, 0) is 35.9 Å². The highest BCUT2D eigenvalue weighted by Gasteiger charge is 2.18. The smallest absolute Gasteiger partial charge is 0.340 e. The second-order valence-electron chi connectivity index (χ2n) is 7.13. The summed E-state index contributed by atoms with van der Waals surface area (Å²) in [7, 11) is 0. The van der Waals surface area contributed by atoms with E-state index in [0.717, 1.165) is 18.7 Å². The zero-order chi connectivity index (χ0) is 21.1. The number of nitrogens with zero attached hydrogens (tertiary/aromatic N) is 1. The van der Waals surface area contributed by atoms with Gasteiger partial charge in [-0.3, -0.25) is 9.69 Å². The third-order valence-corrected chi connectivity index (χ3v) is 5.32. The maximum Gasteiger partial charge on any atom is 0.340 e. The highest BCUT2D eigenvalue weighted by Crippen LogP contribution is 2.29. The van der Waals surface area contributed by atoms with Gasteiger partial charge in [-0.1, -0.05) is 23.7 Å². The summed E-state index contributed by atoms with van der Waals surface area (Å²) in [6, 6.07) is 11.7. The number of amides is 1. The van der Waals surface area contributed by atoms with Crippen LogP contribution in [0.25, 0.3) is 11.0 Å². The van der Waals surface area contributed by atoms with Gasteiger partial charge >= 0.3 is 5.63 Å². The number of ether oxygens (including phenoxy) is 1. The Bertz CT molecular complexity index is 1120. The lowest BCUT2D eigenvalue weighted by Gasteiger charge is -2.26. The Morgan fingerprint density at radius 2 is 1.87 bits per heavy atom. The predicted octanol–water partition coefficient (Wildman–Crippen LogP) is 2.91. The van der Waals surface area contributed by atoms with Crippen molar-refractivity contribution < 1.29 is 19.1 Å². The Balaban J connectivity index is 1.56. The van der Waals surface area contributed by atoms with E-state index in [0.29, 0.717) is 42.3 Å². The summed E-state index contributed by atoms with van der Waals surface area (Å²) in [5, 5.41) is 14.4. The minimum atomic E-state index is -0.451. The van der Waals surface area contributed by atoms with Crippen molar-refractivity contribution in [2.24, 2.45) is 0 Å². The van der Waals surface area contributed by atoms with E-state index < -0.39 is 11.5 Å². The molecule has 0 saturated carbocycles. The summed E-state index contributed by atoms with van der Waals surface area (Å²) in [5.41, 5.74) is 1.21. The molecule has 3 aromatic rings. The summed E-state index contributed by atoms with van der Waals surface area (Å²) in [5.74, 6) is -0.640. The van der Waals surface area contributed by atoms with Gasteiger partial charge in [0.05, 0.1) is 29.7 Å². The van der Waals surface area contributed by atoms with Crippen molar-refractivity contribution in [2.45, 2.75) is 13.1 Å². The first-order valence-electron chi connectivity index (χ1n) is 9.63. The van der Waals surface area contributed by atoms with Crippen molar-refractivity contribution in [3.63, 3.8) is 0 Å². The number of phenols is 1. The molecule has 1 fully saturated rings. The molecule has 0 aliphatic carbocycles. The normalized spacial score (nSPS) is 14.7. The SMILES string of the molecule is O=C(NCc1ccc(Cl)cc1)c1ccc2oc(=O)c(CN3CCOCC3)cc2c1O. The van der Waals surface area contributed by atoms with E-state index in [1.54, 1.807) is 18.2 Å². The molecule has 1 amide bonds. The third-order valence-electron chi connectivity index (χ3n) is 5.07. The van der Waals surface area contributed by atoms with Crippen LogP contribution >= 0.6 is 11.6 Å². The lowest BCUT2D eigenvalue weighted by atomic mass is 10.1. The second-order valence-corrected chi connectivity index (χ2v) is 7.57. The number of rotatable bonds is 5. The number of benzene rings is 2. The van der Waals surface area contributed by atoms with Crippen molar-refractivity contribution in [2.75, 3.05) is 26.3 Å². The Hall–Kier alpha value is -2.87. The fourth-order valence-electron chi connectivity index (χ4n) is 3.39. The van der Waals surface area contributed by atoms with Crippen LogP contribution in [0.15, 0.2) is 51.7 Å². The Kier molecular flexibility index (Phi) is 6.03. The summed E-state index contributed by atoms with van der Waals surface area (Å²) in [6.07, 6.45) is 0. The number of fused-ring (bicyclic) bond motifs is 1.